The number of halogens is 1. The van der Waals surface area contributed by atoms with Crippen LogP contribution in [0.3, 0.4) is 0 Å². The fraction of sp³-hybridized carbons (Fsp3) is 0.205. The summed E-state index contributed by atoms with van der Waals surface area (Å²) in [5, 5.41) is 33.8. The van der Waals surface area contributed by atoms with E-state index in [0.29, 0.717) is 32.7 Å². The zero-order valence-corrected chi connectivity index (χ0v) is 30.9. The Hall–Kier alpha value is -5.71. The van der Waals surface area contributed by atoms with Gasteiger partial charge in [-0.25, -0.2) is 14.5 Å². The largest absolute Gasteiger partial charge is 0.497 e. The molecule has 0 radical (unpaired) electrons. The zero-order valence-electron chi connectivity index (χ0n) is 29.4. The van der Waals surface area contributed by atoms with E-state index in [1.165, 1.54) is 9.25 Å². The van der Waals surface area contributed by atoms with Gasteiger partial charge in [0.05, 0.1) is 31.5 Å². The summed E-state index contributed by atoms with van der Waals surface area (Å²) in [6, 6.07) is 26.8. The lowest BCUT2D eigenvalue weighted by Crippen LogP contribution is -2.46. The molecule has 4 aromatic carbocycles. The number of hydrogen-bond donors (Lipinski definition) is 4. The van der Waals surface area contributed by atoms with Crippen LogP contribution >= 0.6 is 15.9 Å². The molecule has 6 rings (SSSR count). The van der Waals surface area contributed by atoms with Crippen LogP contribution in [0.25, 0.3) is 16.5 Å². The number of nitrogens with zero attached hydrogens (tertiary/aromatic N) is 4. The van der Waals surface area contributed by atoms with E-state index >= 15 is 0 Å². The number of aromatic nitrogens is 4. The van der Waals surface area contributed by atoms with E-state index in [-0.39, 0.29) is 49.9 Å². The fourth-order valence-electron chi connectivity index (χ4n) is 6.04. The minimum Gasteiger partial charge on any atom is -0.497 e. The van der Waals surface area contributed by atoms with Crippen molar-refractivity contribution in [1.82, 2.24) is 24.9 Å². The maximum absolute atomic E-state index is 14.1. The van der Waals surface area contributed by atoms with Crippen molar-refractivity contribution in [2.24, 2.45) is 0 Å². The normalized spacial score (nSPS) is 11.7. The quantitative estimate of drug-likeness (QED) is 0.0756. The van der Waals surface area contributed by atoms with Crippen LogP contribution in [0.2, 0.25) is 0 Å². The Labute approximate surface area is 317 Å². The van der Waals surface area contributed by atoms with Gasteiger partial charge in [0.15, 0.2) is 0 Å². The zero-order chi connectivity index (χ0) is 38.2. The Kier molecular flexibility index (Phi) is 12.3. The van der Waals surface area contributed by atoms with Gasteiger partial charge >= 0.3 is 0 Å². The molecule has 1 atom stereocenters. The third kappa shape index (κ3) is 8.90. The highest BCUT2D eigenvalue weighted by atomic mass is 79.9. The van der Waals surface area contributed by atoms with Gasteiger partial charge in [-0.3, -0.25) is 24.9 Å². The first-order valence-corrected chi connectivity index (χ1v) is 17.6. The SMILES string of the molecule is COc1ccc(Cn2cc(Br)c(C)c(NC(=O)[C@H](Cc3ccc(-n4nnc(COO)c4COO)cc3)NC(=O)Cc3ccc4ccccc4c3)c2=O)cc1. The Morgan fingerprint density at radius 1 is 0.889 bits per heavy atom. The number of nitrogens with one attached hydrogen (secondary N) is 2. The smallest absolute Gasteiger partial charge is 0.274 e. The van der Waals surface area contributed by atoms with E-state index in [0.717, 1.165) is 21.9 Å². The van der Waals surface area contributed by atoms with Crippen molar-refractivity contribution in [1.29, 1.82) is 0 Å². The van der Waals surface area contributed by atoms with Gasteiger partial charge in [-0.05, 0) is 80.1 Å². The standard InChI is InChI=1S/C39H37BrN6O8/c1-24-32(40)21-45(20-26-10-15-31(52-2)16-11-26)39(49)37(24)42-38(48)33(41-36(47)19-27-7-12-28-5-3-4-6-29(28)17-27)18-25-8-13-30(14-9-25)46-35(23-54-51)34(22-53-50)43-44-46/h3-17,21,33,50-51H,18-20,22-23H2,1-2H3,(H,41,47)(H,42,48)/t33-/m0/s1. The lowest BCUT2D eigenvalue weighted by Gasteiger charge is -2.20. The van der Waals surface area contributed by atoms with Crippen molar-refractivity contribution < 1.29 is 34.6 Å². The van der Waals surface area contributed by atoms with Crippen LogP contribution in [0, 0.1) is 6.92 Å². The van der Waals surface area contributed by atoms with Crippen LogP contribution in [0.15, 0.2) is 106 Å². The van der Waals surface area contributed by atoms with Crippen LogP contribution < -0.4 is 20.9 Å². The van der Waals surface area contributed by atoms with Crippen molar-refractivity contribution >= 4 is 44.2 Å². The number of amides is 2. The van der Waals surface area contributed by atoms with Crippen molar-refractivity contribution in [3.05, 3.63) is 146 Å². The van der Waals surface area contributed by atoms with Gasteiger partial charge in [-0.2, -0.15) is 0 Å². The molecule has 0 aliphatic carbocycles. The number of pyridine rings is 1. The second-order valence-corrected chi connectivity index (χ2v) is 13.4. The van der Waals surface area contributed by atoms with Gasteiger partial charge in [-0.15, -0.1) is 5.10 Å². The number of hydrogen-bond acceptors (Lipinski definition) is 10. The molecule has 2 heterocycles. The molecular formula is C39H37BrN6O8. The first kappa shape index (κ1) is 38.0. The summed E-state index contributed by atoms with van der Waals surface area (Å²) in [5.74, 6) is -0.262. The molecule has 2 aromatic heterocycles. The van der Waals surface area contributed by atoms with Gasteiger partial charge in [-0.1, -0.05) is 71.9 Å². The Balaban J connectivity index is 1.27. The summed E-state index contributed by atoms with van der Waals surface area (Å²) in [6.45, 7) is 1.44. The highest BCUT2D eigenvalue weighted by Crippen LogP contribution is 2.23. The van der Waals surface area contributed by atoms with Crippen molar-refractivity contribution in [3.63, 3.8) is 0 Å². The summed E-state index contributed by atoms with van der Waals surface area (Å²) >= 11 is 3.54. The average Bonchev–Trinajstić information content (AvgIpc) is 3.57. The third-order valence-electron chi connectivity index (χ3n) is 8.93. The van der Waals surface area contributed by atoms with Gasteiger partial charge in [0, 0.05) is 17.1 Å². The molecule has 0 fully saturated rings. The van der Waals surface area contributed by atoms with Crippen molar-refractivity contribution in [2.45, 2.75) is 45.6 Å². The molecule has 0 bridgehead atoms. The van der Waals surface area contributed by atoms with E-state index < -0.39 is 17.5 Å². The predicted octanol–water partition coefficient (Wildman–Crippen LogP) is 5.60. The molecule has 4 N–H and O–H groups in total. The lowest BCUT2D eigenvalue weighted by molar-refractivity contribution is -0.259. The third-order valence-corrected chi connectivity index (χ3v) is 9.73. The number of ether oxygens (including phenoxy) is 1. The van der Waals surface area contributed by atoms with Gasteiger partial charge < -0.3 is 19.9 Å². The molecule has 0 aliphatic rings. The molecule has 0 unspecified atom stereocenters. The summed E-state index contributed by atoms with van der Waals surface area (Å²) in [4.78, 5) is 49.9. The molecule has 15 heteroatoms. The molecule has 2 amide bonds. The number of methoxy groups -OCH3 is 1. The fourth-order valence-corrected chi connectivity index (χ4v) is 6.48. The number of fused-ring (bicyclic) bond motifs is 1. The predicted molar refractivity (Wildman–Crippen MR) is 203 cm³/mol. The number of carbonyl (C=O) groups excluding carboxylic acids is 2. The van der Waals surface area contributed by atoms with E-state index in [2.05, 4.69) is 46.7 Å². The molecule has 0 aliphatic heterocycles. The molecular weight excluding hydrogens is 760 g/mol. The maximum atomic E-state index is 14.1. The molecule has 278 valence electrons. The van der Waals surface area contributed by atoms with E-state index in [9.17, 15) is 14.4 Å². The highest BCUT2D eigenvalue weighted by Gasteiger charge is 2.25. The topological polar surface area (TPSA) is 179 Å². The van der Waals surface area contributed by atoms with Crippen molar-refractivity contribution in [3.8, 4) is 11.4 Å². The van der Waals surface area contributed by atoms with Gasteiger partial charge in [0.2, 0.25) is 11.8 Å². The lowest BCUT2D eigenvalue weighted by atomic mass is 10.0. The number of anilines is 1. The minimum absolute atomic E-state index is 0.0278. The maximum Gasteiger partial charge on any atom is 0.274 e. The van der Waals surface area contributed by atoms with Crippen LogP contribution in [-0.2, 0) is 52.0 Å². The molecule has 54 heavy (non-hydrogen) atoms. The number of benzene rings is 4. The summed E-state index contributed by atoms with van der Waals surface area (Å²) in [7, 11) is 1.58. The highest BCUT2D eigenvalue weighted by molar-refractivity contribution is 9.10. The van der Waals surface area contributed by atoms with Crippen LogP contribution in [0.5, 0.6) is 5.75 Å². The van der Waals surface area contributed by atoms with Crippen LogP contribution in [0.1, 0.15) is 33.6 Å². The molecule has 6 aromatic rings. The second kappa shape index (κ2) is 17.4. The van der Waals surface area contributed by atoms with E-state index in [4.69, 9.17) is 15.3 Å². The first-order chi connectivity index (χ1) is 26.2. The Morgan fingerprint density at radius 3 is 2.28 bits per heavy atom. The molecule has 0 saturated heterocycles. The minimum atomic E-state index is -1.07. The Bertz CT molecular complexity index is 2330. The summed E-state index contributed by atoms with van der Waals surface area (Å²) in [5.41, 5.74) is 3.68. The van der Waals surface area contributed by atoms with E-state index in [1.807, 2.05) is 66.7 Å². The van der Waals surface area contributed by atoms with Gasteiger partial charge in [0.25, 0.3) is 5.56 Å². The first-order valence-electron chi connectivity index (χ1n) is 16.8. The molecule has 14 nitrogen and oxygen atoms in total. The summed E-state index contributed by atoms with van der Waals surface area (Å²) in [6.07, 6.45) is 1.78. The van der Waals surface area contributed by atoms with Crippen LogP contribution in [0.4, 0.5) is 5.69 Å². The second-order valence-electron chi connectivity index (χ2n) is 12.5. The summed E-state index contributed by atoms with van der Waals surface area (Å²) < 4.78 is 8.78. The van der Waals surface area contributed by atoms with Gasteiger partial charge in [0.1, 0.15) is 36.4 Å². The number of carbonyl (C=O) groups is 2. The molecule has 0 saturated carbocycles. The monoisotopic (exact) mass is 796 g/mol. The Morgan fingerprint density at radius 2 is 1.57 bits per heavy atom. The van der Waals surface area contributed by atoms with Crippen LogP contribution in [-0.4, -0.2) is 55.0 Å². The molecule has 0 spiro atoms. The van der Waals surface area contributed by atoms with E-state index in [1.54, 1.807) is 44.5 Å². The average molecular weight is 798 g/mol. The van der Waals surface area contributed by atoms with Crippen molar-refractivity contribution in [2.75, 3.05) is 12.4 Å². The number of rotatable bonds is 15.